The van der Waals surface area contributed by atoms with Gasteiger partial charge in [0.05, 0.1) is 5.69 Å². The first kappa shape index (κ1) is 12.8. The van der Waals surface area contributed by atoms with E-state index in [-0.39, 0.29) is 0 Å². The molecule has 2 atom stereocenters. The van der Waals surface area contributed by atoms with Crippen LogP contribution in [0.25, 0.3) is 11.3 Å². The highest BCUT2D eigenvalue weighted by Crippen LogP contribution is 2.29. The van der Waals surface area contributed by atoms with Crippen LogP contribution in [0.15, 0.2) is 36.4 Å². The number of hydrogen-bond donors (Lipinski definition) is 1. The molecule has 4 rings (SSSR count). The second-order valence-corrected chi connectivity index (χ2v) is 6.23. The number of fused-ring (bicyclic) bond motifs is 1. The van der Waals surface area contributed by atoms with E-state index in [1.807, 2.05) is 0 Å². The summed E-state index contributed by atoms with van der Waals surface area (Å²) in [6, 6.07) is 12.6. The van der Waals surface area contributed by atoms with Gasteiger partial charge < -0.3 is 10.2 Å². The van der Waals surface area contributed by atoms with Crippen LogP contribution in [0.4, 0.5) is 5.82 Å². The normalized spacial score (nSPS) is 24.3. The zero-order valence-corrected chi connectivity index (χ0v) is 12.3. The molecule has 0 bridgehead atoms. The van der Waals surface area contributed by atoms with Gasteiger partial charge in [-0.15, -0.1) is 10.2 Å². The van der Waals surface area contributed by atoms with Crippen LogP contribution in [0.5, 0.6) is 0 Å². The van der Waals surface area contributed by atoms with Gasteiger partial charge in [-0.2, -0.15) is 0 Å². The third-order valence-corrected chi connectivity index (χ3v) is 4.68. The molecule has 2 unspecified atom stereocenters. The molecule has 3 heterocycles. The van der Waals surface area contributed by atoms with Crippen molar-refractivity contribution in [3.8, 4) is 11.3 Å². The fourth-order valence-corrected chi connectivity index (χ4v) is 3.49. The lowest BCUT2D eigenvalue weighted by atomic mass is 10.0. The molecule has 0 amide bonds. The summed E-state index contributed by atoms with van der Waals surface area (Å²) in [5.41, 5.74) is 3.33. The van der Waals surface area contributed by atoms with E-state index in [0.29, 0.717) is 0 Å². The molecular weight excluding hydrogens is 260 g/mol. The van der Waals surface area contributed by atoms with Crippen LogP contribution in [-0.2, 0) is 0 Å². The van der Waals surface area contributed by atoms with Crippen LogP contribution >= 0.6 is 0 Å². The van der Waals surface area contributed by atoms with E-state index >= 15 is 0 Å². The molecule has 4 nitrogen and oxygen atoms in total. The Kier molecular flexibility index (Phi) is 3.11. The molecule has 2 aliphatic heterocycles. The highest BCUT2D eigenvalue weighted by atomic mass is 15.3. The number of aryl methyl sites for hydroxylation is 1. The molecule has 2 saturated heterocycles. The maximum absolute atomic E-state index is 4.45. The summed E-state index contributed by atoms with van der Waals surface area (Å²) >= 11 is 0. The molecule has 1 aromatic heterocycles. The molecule has 2 aliphatic rings. The van der Waals surface area contributed by atoms with E-state index in [1.165, 1.54) is 5.56 Å². The van der Waals surface area contributed by atoms with E-state index in [9.17, 15) is 0 Å². The monoisotopic (exact) mass is 280 g/mol. The molecule has 0 spiro atoms. The van der Waals surface area contributed by atoms with Crippen molar-refractivity contribution in [2.75, 3.05) is 31.1 Å². The quantitative estimate of drug-likeness (QED) is 0.915. The van der Waals surface area contributed by atoms with Gasteiger partial charge >= 0.3 is 0 Å². The molecule has 2 aromatic rings. The number of anilines is 1. The van der Waals surface area contributed by atoms with E-state index in [2.05, 4.69) is 63.7 Å². The highest BCUT2D eigenvalue weighted by Gasteiger charge is 2.36. The van der Waals surface area contributed by atoms with Gasteiger partial charge in [-0.3, -0.25) is 0 Å². The molecule has 4 heteroatoms. The molecule has 1 aromatic carbocycles. The molecule has 1 N–H and O–H groups in total. The number of aromatic nitrogens is 2. The van der Waals surface area contributed by atoms with Crippen molar-refractivity contribution in [2.24, 2.45) is 11.8 Å². The van der Waals surface area contributed by atoms with Gasteiger partial charge in [0.25, 0.3) is 0 Å². The number of nitrogens with zero attached hydrogens (tertiary/aromatic N) is 3. The van der Waals surface area contributed by atoms with E-state index in [4.69, 9.17) is 0 Å². The van der Waals surface area contributed by atoms with Crippen LogP contribution < -0.4 is 10.2 Å². The first-order valence-corrected chi connectivity index (χ1v) is 7.66. The Labute approximate surface area is 125 Å². The molecular formula is C17H20N4. The van der Waals surface area contributed by atoms with Gasteiger partial charge in [0.1, 0.15) is 0 Å². The van der Waals surface area contributed by atoms with Crippen molar-refractivity contribution < 1.29 is 0 Å². The van der Waals surface area contributed by atoms with E-state index in [0.717, 1.165) is 55.1 Å². The van der Waals surface area contributed by atoms with Gasteiger partial charge in [-0.1, -0.05) is 23.8 Å². The van der Waals surface area contributed by atoms with E-state index < -0.39 is 0 Å². The van der Waals surface area contributed by atoms with Crippen LogP contribution in [0.3, 0.4) is 0 Å². The molecule has 0 radical (unpaired) electrons. The smallest absolute Gasteiger partial charge is 0.151 e. The van der Waals surface area contributed by atoms with Crippen molar-refractivity contribution >= 4 is 5.82 Å². The highest BCUT2D eigenvalue weighted by molar-refractivity contribution is 5.60. The molecule has 0 saturated carbocycles. The fraction of sp³-hybridized carbons (Fsp3) is 0.412. The standard InChI is InChI=1S/C17H20N4/c1-12-3-2-4-13(7-12)16-5-6-17(20-19-16)21-10-14-8-18-9-15(14)11-21/h2-7,14-15,18H,8-11H2,1H3. The fourth-order valence-electron chi connectivity index (χ4n) is 3.49. The maximum Gasteiger partial charge on any atom is 0.151 e. The van der Waals surface area contributed by atoms with Gasteiger partial charge in [0, 0.05) is 31.7 Å². The summed E-state index contributed by atoms with van der Waals surface area (Å²) in [7, 11) is 0. The minimum Gasteiger partial charge on any atom is -0.354 e. The lowest BCUT2D eigenvalue weighted by molar-refractivity contribution is 0.533. The van der Waals surface area contributed by atoms with Gasteiger partial charge in [-0.25, -0.2) is 0 Å². The van der Waals surface area contributed by atoms with Crippen molar-refractivity contribution in [3.63, 3.8) is 0 Å². The van der Waals surface area contributed by atoms with E-state index in [1.54, 1.807) is 0 Å². The van der Waals surface area contributed by atoms with Crippen LogP contribution in [-0.4, -0.2) is 36.4 Å². The Bertz CT molecular complexity index is 625. The largest absolute Gasteiger partial charge is 0.354 e. The predicted octanol–water partition coefficient (Wildman–Crippen LogP) is 2.11. The second kappa shape index (κ2) is 5.11. The Morgan fingerprint density at radius 2 is 1.86 bits per heavy atom. The van der Waals surface area contributed by atoms with Gasteiger partial charge in [0.2, 0.25) is 0 Å². The minimum atomic E-state index is 0.781. The number of nitrogens with one attached hydrogen (secondary N) is 1. The number of rotatable bonds is 2. The summed E-state index contributed by atoms with van der Waals surface area (Å²) in [5, 5.41) is 12.3. The Hall–Kier alpha value is -1.94. The Balaban J connectivity index is 1.54. The SMILES string of the molecule is Cc1cccc(-c2ccc(N3CC4CNCC4C3)nn2)c1. The second-order valence-electron chi connectivity index (χ2n) is 6.23. The van der Waals surface area contributed by atoms with Crippen LogP contribution in [0, 0.1) is 18.8 Å². The maximum atomic E-state index is 4.45. The van der Waals surface area contributed by atoms with Crippen LogP contribution in [0.2, 0.25) is 0 Å². The number of hydrogen-bond acceptors (Lipinski definition) is 4. The minimum absolute atomic E-state index is 0.781. The molecule has 2 fully saturated rings. The van der Waals surface area contributed by atoms with Crippen LogP contribution in [0.1, 0.15) is 5.56 Å². The molecule has 0 aliphatic carbocycles. The average Bonchev–Trinajstić information content (AvgIpc) is 3.09. The third-order valence-electron chi connectivity index (χ3n) is 4.68. The first-order chi connectivity index (χ1) is 10.3. The topological polar surface area (TPSA) is 41.0 Å². The summed E-state index contributed by atoms with van der Waals surface area (Å²) < 4.78 is 0. The number of benzene rings is 1. The summed E-state index contributed by atoms with van der Waals surface area (Å²) in [4.78, 5) is 2.38. The third kappa shape index (κ3) is 2.40. The van der Waals surface area contributed by atoms with Crippen molar-refractivity contribution in [2.45, 2.75) is 6.92 Å². The summed E-state index contributed by atoms with van der Waals surface area (Å²) in [5.74, 6) is 2.58. The Morgan fingerprint density at radius 3 is 2.52 bits per heavy atom. The molecule has 108 valence electrons. The predicted molar refractivity (Wildman–Crippen MR) is 84.3 cm³/mol. The average molecular weight is 280 g/mol. The lowest BCUT2D eigenvalue weighted by Crippen LogP contribution is -2.26. The van der Waals surface area contributed by atoms with Crippen molar-refractivity contribution in [3.05, 3.63) is 42.0 Å². The zero-order chi connectivity index (χ0) is 14.2. The van der Waals surface area contributed by atoms with Gasteiger partial charge in [0.15, 0.2) is 5.82 Å². The molecule has 21 heavy (non-hydrogen) atoms. The Morgan fingerprint density at radius 1 is 1.05 bits per heavy atom. The summed E-state index contributed by atoms with van der Waals surface area (Å²) in [6.07, 6.45) is 0. The van der Waals surface area contributed by atoms with Crippen molar-refractivity contribution in [1.29, 1.82) is 0 Å². The van der Waals surface area contributed by atoms with Crippen molar-refractivity contribution in [1.82, 2.24) is 15.5 Å². The first-order valence-electron chi connectivity index (χ1n) is 7.66. The lowest BCUT2D eigenvalue weighted by Gasteiger charge is -2.17. The zero-order valence-electron chi connectivity index (χ0n) is 12.3. The van der Waals surface area contributed by atoms with Gasteiger partial charge in [-0.05, 0) is 37.0 Å². The summed E-state index contributed by atoms with van der Waals surface area (Å²) in [6.45, 7) is 6.61.